The van der Waals surface area contributed by atoms with Crippen LogP contribution in [0.3, 0.4) is 0 Å². The van der Waals surface area contributed by atoms with E-state index >= 15 is 0 Å². The number of rotatable bonds is 4. The lowest BCUT2D eigenvalue weighted by molar-refractivity contribution is 1.30. The summed E-state index contributed by atoms with van der Waals surface area (Å²) in [6.07, 6.45) is 1.96. The molecule has 7 aromatic carbocycles. The fourth-order valence-electron chi connectivity index (χ4n) is 6.65. The second kappa shape index (κ2) is 10.0. The van der Waals surface area contributed by atoms with Crippen molar-refractivity contribution in [1.82, 2.24) is 4.98 Å². The van der Waals surface area contributed by atoms with Gasteiger partial charge in [-0.2, -0.15) is 0 Å². The van der Waals surface area contributed by atoms with Crippen LogP contribution in [-0.4, -0.2) is 4.98 Å². The van der Waals surface area contributed by atoms with Crippen LogP contribution in [0.5, 0.6) is 0 Å². The summed E-state index contributed by atoms with van der Waals surface area (Å²) in [6.45, 7) is 0. The number of fused-ring (bicyclic) bond motifs is 8. The maximum atomic E-state index is 4.88. The van der Waals surface area contributed by atoms with Crippen LogP contribution in [0.15, 0.2) is 158 Å². The average molecular weight is 579 g/mol. The van der Waals surface area contributed by atoms with Gasteiger partial charge in [-0.3, -0.25) is 4.98 Å². The number of hydrogen-bond acceptors (Lipinski definition) is 3. The van der Waals surface area contributed by atoms with Crippen molar-refractivity contribution in [2.45, 2.75) is 0 Å². The fourth-order valence-corrected chi connectivity index (χ4v) is 7.82. The van der Waals surface area contributed by atoms with E-state index in [0.717, 1.165) is 22.6 Å². The molecule has 0 unspecified atom stereocenters. The first-order chi connectivity index (χ1) is 21.8. The highest BCUT2D eigenvalue weighted by molar-refractivity contribution is 7.26. The van der Waals surface area contributed by atoms with Gasteiger partial charge in [-0.1, -0.05) is 121 Å². The standard InChI is InChI=1S/C41H26N2S/c1-2-10-27(11-3-1)28-20-22-31(23-21-28)43(36-24-25-42-40-35-16-8-9-17-38(35)44-41(36)40)37-26-30-19-18-29-12-4-5-13-32(29)39(30)34-15-7-6-14-33(34)37/h1-26H. The first-order valence-corrected chi connectivity index (χ1v) is 15.7. The first kappa shape index (κ1) is 25.0. The van der Waals surface area contributed by atoms with E-state index in [1.165, 1.54) is 58.2 Å². The molecule has 0 N–H and O–H groups in total. The fraction of sp³-hybridized carbons (Fsp3) is 0. The molecule has 0 saturated heterocycles. The number of thiophene rings is 1. The summed E-state index contributed by atoms with van der Waals surface area (Å²) < 4.78 is 2.43. The second-order valence-corrected chi connectivity index (χ2v) is 12.2. The van der Waals surface area contributed by atoms with E-state index in [1.54, 1.807) is 0 Å². The molecule has 2 aromatic heterocycles. The Balaban J connectivity index is 1.36. The van der Waals surface area contributed by atoms with Crippen LogP contribution >= 0.6 is 11.3 Å². The van der Waals surface area contributed by atoms with E-state index in [0.29, 0.717) is 0 Å². The maximum Gasteiger partial charge on any atom is 0.0909 e. The van der Waals surface area contributed by atoms with Gasteiger partial charge in [0.05, 0.1) is 21.6 Å². The van der Waals surface area contributed by atoms with E-state index in [1.807, 2.05) is 17.5 Å². The Morgan fingerprint density at radius 2 is 1.14 bits per heavy atom. The van der Waals surface area contributed by atoms with Gasteiger partial charge in [0.25, 0.3) is 0 Å². The molecule has 44 heavy (non-hydrogen) atoms. The van der Waals surface area contributed by atoms with Gasteiger partial charge in [0, 0.05) is 27.4 Å². The minimum absolute atomic E-state index is 1.05. The van der Waals surface area contributed by atoms with E-state index < -0.39 is 0 Å². The Morgan fingerprint density at radius 1 is 0.477 bits per heavy atom. The molecule has 0 aliphatic carbocycles. The molecule has 3 heteroatoms. The maximum absolute atomic E-state index is 4.88. The lowest BCUT2D eigenvalue weighted by atomic mass is 9.94. The number of hydrogen-bond donors (Lipinski definition) is 0. The molecule has 206 valence electrons. The van der Waals surface area contributed by atoms with Gasteiger partial charge in [0.15, 0.2) is 0 Å². The van der Waals surface area contributed by atoms with Gasteiger partial charge >= 0.3 is 0 Å². The number of pyridine rings is 1. The Labute approximate surface area is 259 Å². The molecule has 0 amide bonds. The predicted octanol–water partition coefficient (Wildman–Crippen LogP) is 12.0. The molecule has 0 aliphatic rings. The molecular formula is C41H26N2S. The summed E-state index contributed by atoms with van der Waals surface area (Å²) in [7, 11) is 0. The van der Waals surface area contributed by atoms with Crippen LogP contribution in [0, 0.1) is 0 Å². The van der Waals surface area contributed by atoms with E-state index in [2.05, 4.69) is 157 Å². The Hall–Kier alpha value is -5.51. The van der Waals surface area contributed by atoms with Crippen molar-refractivity contribution in [1.29, 1.82) is 0 Å². The molecule has 0 bridgehead atoms. The molecule has 9 rings (SSSR count). The summed E-state index contributed by atoms with van der Waals surface area (Å²) in [6, 6.07) is 54.7. The van der Waals surface area contributed by atoms with Gasteiger partial charge in [0.1, 0.15) is 0 Å². The molecule has 2 heterocycles. The van der Waals surface area contributed by atoms with E-state index in [-0.39, 0.29) is 0 Å². The van der Waals surface area contributed by atoms with Crippen LogP contribution in [0.1, 0.15) is 0 Å². The Kier molecular flexibility index (Phi) is 5.71. The molecule has 0 fully saturated rings. The molecule has 0 saturated carbocycles. The summed E-state index contributed by atoms with van der Waals surface area (Å²) >= 11 is 1.81. The third-order valence-corrected chi connectivity index (χ3v) is 9.86. The SMILES string of the molecule is c1ccc(-c2ccc(N(c3cc4ccc5ccccc5c4c4ccccc34)c3ccnc4c3sc3ccccc34)cc2)cc1. The normalized spacial score (nSPS) is 11.6. The highest BCUT2D eigenvalue weighted by atomic mass is 32.1. The molecule has 9 aromatic rings. The molecule has 0 spiro atoms. The minimum atomic E-state index is 1.05. The summed E-state index contributed by atoms with van der Waals surface area (Å²) in [5.41, 5.74) is 6.86. The molecule has 0 radical (unpaired) electrons. The van der Waals surface area contributed by atoms with Crippen molar-refractivity contribution in [3.63, 3.8) is 0 Å². The van der Waals surface area contributed by atoms with Gasteiger partial charge in [-0.05, 0) is 68.4 Å². The zero-order valence-corrected chi connectivity index (χ0v) is 24.6. The number of anilines is 3. The number of aromatic nitrogens is 1. The van der Waals surface area contributed by atoms with Crippen molar-refractivity contribution in [3.8, 4) is 11.1 Å². The van der Waals surface area contributed by atoms with Crippen molar-refractivity contribution in [2.24, 2.45) is 0 Å². The highest BCUT2D eigenvalue weighted by Gasteiger charge is 2.22. The Bertz CT molecular complexity index is 2490. The van der Waals surface area contributed by atoms with Crippen molar-refractivity contribution in [3.05, 3.63) is 158 Å². The third-order valence-electron chi connectivity index (χ3n) is 8.68. The summed E-state index contributed by atoms with van der Waals surface area (Å²) in [5, 5.41) is 8.73. The number of nitrogens with zero attached hydrogens (tertiary/aromatic N) is 2. The molecular weight excluding hydrogens is 553 g/mol. The lowest BCUT2D eigenvalue weighted by Gasteiger charge is -2.28. The van der Waals surface area contributed by atoms with Crippen LogP contribution in [0.4, 0.5) is 17.1 Å². The van der Waals surface area contributed by atoms with Crippen molar-refractivity contribution < 1.29 is 0 Å². The quantitative estimate of drug-likeness (QED) is 0.193. The lowest BCUT2D eigenvalue weighted by Crippen LogP contribution is -2.11. The van der Waals surface area contributed by atoms with Crippen LogP contribution in [0.25, 0.3) is 63.7 Å². The summed E-state index contributed by atoms with van der Waals surface area (Å²) in [4.78, 5) is 7.32. The topological polar surface area (TPSA) is 16.1 Å². The zero-order valence-electron chi connectivity index (χ0n) is 23.8. The van der Waals surface area contributed by atoms with Gasteiger partial charge in [-0.15, -0.1) is 11.3 Å². The van der Waals surface area contributed by atoms with Crippen molar-refractivity contribution >= 4 is 81.0 Å². The van der Waals surface area contributed by atoms with Crippen molar-refractivity contribution in [2.75, 3.05) is 4.90 Å². The Morgan fingerprint density at radius 3 is 1.98 bits per heavy atom. The molecule has 0 atom stereocenters. The first-order valence-electron chi connectivity index (χ1n) is 14.9. The number of benzene rings is 7. The summed E-state index contributed by atoms with van der Waals surface area (Å²) in [5.74, 6) is 0. The third kappa shape index (κ3) is 3.90. The average Bonchev–Trinajstić information content (AvgIpc) is 3.48. The highest BCUT2D eigenvalue weighted by Crippen LogP contribution is 2.47. The van der Waals surface area contributed by atoms with Gasteiger partial charge < -0.3 is 4.90 Å². The molecule has 2 nitrogen and oxygen atoms in total. The smallest absolute Gasteiger partial charge is 0.0909 e. The monoisotopic (exact) mass is 578 g/mol. The predicted molar refractivity (Wildman–Crippen MR) is 190 cm³/mol. The minimum Gasteiger partial charge on any atom is -0.308 e. The van der Waals surface area contributed by atoms with Crippen LogP contribution < -0.4 is 4.90 Å². The van der Waals surface area contributed by atoms with Crippen LogP contribution in [-0.2, 0) is 0 Å². The zero-order chi connectivity index (χ0) is 29.0. The van der Waals surface area contributed by atoms with Crippen LogP contribution in [0.2, 0.25) is 0 Å². The van der Waals surface area contributed by atoms with E-state index in [4.69, 9.17) is 4.98 Å². The van der Waals surface area contributed by atoms with Gasteiger partial charge in [0.2, 0.25) is 0 Å². The second-order valence-electron chi connectivity index (χ2n) is 11.2. The van der Waals surface area contributed by atoms with Gasteiger partial charge in [-0.25, -0.2) is 0 Å². The largest absolute Gasteiger partial charge is 0.308 e. The van der Waals surface area contributed by atoms with E-state index in [9.17, 15) is 0 Å². The molecule has 0 aliphatic heterocycles.